The first-order valence-corrected chi connectivity index (χ1v) is 8.47. The predicted molar refractivity (Wildman–Crippen MR) is 93.0 cm³/mol. The third-order valence-electron chi connectivity index (χ3n) is 4.40. The van der Waals surface area contributed by atoms with Gasteiger partial charge in [-0.15, -0.1) is 0 Å². The summed E-state index contributed by atoms with van der Waals surface area (Å²) in [5, 5.41) is 0.727. The Morgan fingerprint density at radius 1 is 1.17 bits per heavy atom. The summed E-state index contributed by atoms with van der Waals surface area (Å²) in [7, 11) is 0. The van der Waals surface area contributed by atoms with Crippen LogP contribution in [0.3, 0.4) is 0 Å². The van der Waals surface area contributed by atoms with E-state index in [1.54, 1.807) is 0 Å². The monoisotopic (exact) mass is 326 g/mol. The molecule has 3 nitrogen and oxygen atoms in total. The molecule has 2 aromatic carbocycles. The minimum Gasteiger partial charge on any atom is -0.376 e. The second-order valence-corrected chi connectivity index (χ2v) is 6.51. The lowest BCUT2D eigenvalue weighted by Crippen LogP contribution is -2.17. The smallest absolute Gasteiger partial charge is 0.114 e. The van der Waals surface area contributed by atoms with Crippen LogP contribution in [0.25, 0.3) is 11.0 Å². The SMILES string of the molecule is Clc1ccc2c(c1)nc(Cc1ccccc1)n2CC1CCCO1. The fourth-order valence-electron chi connectivity index (χ4n) is 3.26. The van der Waals surface area contributed by atoms with Gasteiger partial charge in [0.15, 0.2) is 0 Å². The second-order valence-electron chi connectivity index (χ2n) is 6.07. The number of benzene rings is 2. The summed E-state index contributed by atoms with van der Waals surface area (Å²) in [4.78, 5) is 4.83. The van der Waals surface area contributed by atoms with Crippen molar-refractivity contribution in [3.8, 4) is 0 Å². The first-order chi connectivity index (χ1) is 11.3. The molecule has 23 heavy (non-hydrogen) atoms. The van der Waals surface area contributed by atoms with Crippen LogP contribution in [0.15, 0.2) is 48.5 Å². The lowest BCUT2D eigenvalue weighted by atomic mass is 10.1. The van der Waals surface area contributed by atoms with Crippen LogP contribution in [0.5, 0.6) is 0 Å². The highest BCUT2D eigenvalue weighted by molar-refractivity contribution is 6.31. The number of fused-ring (bicyclic) bond motifs is 1. The van der Waals surface area contributed by atoms with Gasteiger partial charge in [-0.05, 0) is 36.6 Å². The Kier molecular flexibility index (Phi) is 4.06. The van der Waals surface area contributed by atoms with E-state index < -0.39 is 0 Å². The molecule has 0 bridgehead atoms. The quantitative estimate of drug-likeness (QED) is 0.707. The Morgan fingerprint density at radius 2 is 2.04 bits per heavy atom. The zero-order valence-electron chi connectivity index (χ0n) is 12.9. The number of aromatic nitrogens is 2. The highest BCUT2D eigenvalue weighted by Crippen LogP contribution is 2.24. The molecule has 1 aliphatic rings. The molecule has 0 radical (unpaired) electrons. The number of ether oxygens (including phenoxy) is 1. The number of nitrogens with zero attached hydrogens (tertiary/aromatic N) is 2. The minimum absolute atomic E-state index is 0.289. The molecule has 1 fully saturated rings. The third-order valence-corrected chi connectivity index (χ3v) is 4.64. The van der Waals surface area contributed by atoms with E-state index in [0.29, 0.717) is 0 Å². The van der Waals surface area contributed by atoms with Crippen molar-refractivity contribution >= 4 is 22.6 Å². The highest BCUT2D eigenvalue weighted by atomic mass is 35.5. The van der Waals surface area contributed by atoms with Gasteiger partial charge in [-0.25, -0.2) is 4.98 Å². The van der Waals surface area contributed by atoms with Crippen LogP contribution in [-0.4, -0.2) is 22.3 Å². The van der Waals surface area contributed by atoms with Gasteiger partial charge >= 0.3 is 0 Å². The van der Waals surface area contributed by atoms with Gasteiger partial charge in [-0.3, -0.25) is 0 Å². The zero-order chi connectivity index (χ0) is 15.6. The van der Waals surface area contributed by atoms with Crippen molar-refractivity contribution in [1.29, 1.82) is 0 Å². The Labute approximate surface area is 140 Å². The summed E-state index contributed by atoms with van der Waals surface area (Å²) in [5.74, 6) is 1.07. The first-order valence-electron chi connectivity index (χ1n) is 8.10. The standard InChI is InChI=1S/C19H19ClN2O/c20-15-8-9-18-17(12-15)21-19(11-14-5-2-1-3-6-14)22(18)13-16-7-4-10-23-16/h1-3,5-6,8-9,12,16H,4,7,10-11,13H2. The summed E-state index contributed by atoms with van der Waals surface area (Å²) in [5.41, 5.74) is 3.36. The molecule has 0 amide bonds. The molecular weight excluding hydrogens is 308 g/mol. The lowest BCUT2D eigenvalue weighted by molar-refractivity contribution is 0.0973. The van der Waals surface area contributed by atoms with E-state index in [4.69, 9.17) is 21.3 Å². The van der Waals surface area contributed by atoms with Crippen molar-refractivity contribution in [2.45, 2.75) is 31.9 Å². The van der Waals surface area contributed by atoms with E-state index in [0.717, 1.165) is 54.3 Å². The molecule has 4 heteroatoms. The molecule has 0 N–H and O–H groups in total. The number of hydrogen-bond acceptors (Lipinski definition) is 2. The van der Waals surface area contributed by atoms with E-state index >= 15 is 0 Å². The molecule has 4 rings (SSSR count). The molecule has 0 spiro atoms. The second kappa shape index (κ2) is 6.34. The Hall–Kier alpha value is -1.84. The first kappa shape index (κ1) is 14.7. The fourth-order valence-corrected chi connectivity index (χ4v) is 3.43. The van der Waals surface area contributed by atoms with Crippen molar-refractivity contribution in [3.05, 3.63) is 64.9 Å². The summed E-state index contributed by atoms with van der Waals surface area (Å²) in [6.07, 6.45) is 3.38. The maximum atomic E-state index is 6.14. The predicted octanol–water partition coefficient (Wildman–Crippen LogP) is 4.46. The number of halogens is 1. The van der Waals surface area contributed by atoms with Gasteiger partial charge in [0, 0.05) is 18.1 Å². The van der Waals surface area contributed by atoms with E-state index in [-0.39, 0.29) is 6.10 Å². The van der Waals surface area contributed by atoms with E-state index in [2.05, 4.69) is 34.9 Å². The average molecular weight is 327 g/mol. The van der Waals surface area contributed by atoms with Crippen molar-refractivity contribution in [3.63, 3.8) is 0 Å². The molecule has 1 saturated heterocycles. The van der Waals surface area contributed by atoms with Crippen LogP contribution < -0.4 is 0 Å². The molecule has 0 aliphatic carbocycles. The van der Waals surface area contributed by atoms with Gasteiger partial charge in [0.25, 0.3) is 0 Å². The molecule has 1 aromatic heterocycles. The van der Waals surface area contributed by atoms with Crippen molar-refractivity contribution in [2.24, 2.45) is 0 Å². The highest BCUT2D eigenvalue weighted by Gasteiger charge is 2.20. The summed E-state index contributed by atoms with van der Waals surface area (Å²) < 4.78 is 8.13. The van der Waals surface area contributed by atoms with E-state index in [9.17, 15) is 0 Å². The van der Waals surface area contributed by atoms with E-state index in [1.165, 1.54) is 5.56 Å². The normalized spacial score (nSPS) is 17.9. The van der Waals surface area contributed by atoms with Gasteiger partial charge in [-0.1, -0.05) is 41.9 Å². The van der Waals surface area contributed by atoms with Crippen LogP contribution >= 0.6 is 11.6 Å². The molecule has 1 unspecified atom stereocenters. The maximum absolute atomic E-state index is 6.14. The fraction of sp³-hybridized carbons (Fsp3) is 0.316. The Balaban J connectivity index is 1.74. The minimum atomic E-state index is 0.289. The average Bonchev–Trinajstić information content (AvgIpc) is 3.17. The largest absolute Gasteiger partial charge is 0.376 e. The van der Waals surface area contributed by atoms with Crippen LogP contribution in [0.1, 0.15) is 24.2 Å². The molecule has 2 heterocycles. The van der Waals surface area contributed by atoms with Gasteiger partial charge in [-0.2, -0.15) is 0 Å². The number of rotatable bonds is 4. The van der Waals surface area contributed by atoms with Crippen LogP contribution in [-0.2, 0) is 17.7 Å². The Bertz CT molecular complexity index is 807. The summed E-state index contributed by atoms with van der Waals surface area (Å²) in [6.45, 7) is 1.73. The summed E-state index contributed by atoms with van der Waals surface area (Å²) in [6, 6.07) is 16.4. The molecule has 118 valence electrons. The van der Waals surface area contributed by atoms with Gasteiger partial charge in [0.05, 0.1) is 23.7 Å². The van der Waals surface area contributed by atoms with Crippen LogP contribution in [0.4, 0.5) is 0 Å². The molecule has 3 aromatic rings. The third kappa shape index (κ3) is 3.12. The van der Waals surface area contributed by atoms with Crippen LogP contribution in [0.2, 0.25) is 5.02 Å². The zero-order valence-corrected chi connectivity index (χ0v) is 13.7. The molecular formula is C19H19ClN2O. The van der Waals surface area contributed by atoms with Crippen molar-refractivity contribution < 1.29 is 4.74 Å². The lowest BCUT2D eigenvalue weighted by Gasteiger charge is -2.14. The van der Waals surface area contributed by atoms with Gasteiger partial charge in [0.2, 0.25) is 0 Å². The number of hydrogen-bond donors (Lipinski definition) is 0. The van der Waals surface area contributed by atoms with E-state index in [1.807, 2.05) is 18.2 Å². The topological polar surface area (TPSA) is 27.1 Å². The van der Waals surface area contributed by atoms with Gasteiger partial charge in [0.1, 0.15) is 5.82 Å². The van der Waals surface area contributed by atoms with Crippen molar-refractivity contribution in [2.75, 3.05) is 6.61 Å². The molecule has 0 saturated carbocycles. The van der Waals surface area contributed by atoms with Crippen LogP contribution in [0, 0.1) is 0 Å². The maximum Gasteiger partial charge on any atom is 0.114 e. The number of imidazole rings is 1. The molecule has 1 aliphatic heterocycles. The molecule has 1 atom stereocenters. The Morgan fingerprint density at radius 3 is 2.83 bits per heavy atom. The van der Waals surface area contributed by atoms with Crippen molar-refractivity contribution in [1.82, 2.24) is 9.55 Å². The summed E-state index contributed by atoms with van der Waals surface area (Å²) >= 11 is 6.14. The van der Waals surface area contributed by atoms with Gasteiger partial charge < -0.3 is 9.30 Å².